The molecule has 8 heteroatoms. The monoisotopic (exact) mass is 505 g/mol. The Morgan fingerprint density at radius 1 is 1.06 bits per heavy atom. The molecule has 0 unspecified atom stereocenters. The zero-order chi connectivity index (χ0) is 26.0. The van der Waals surface area contributed by atoms with Crippen molar-refractivity contribution in [3.05, 3.63) is 94.3 Å². The third kappa shape index (κ3) is 5.60. The van der Waals surface area contributed by atoms with E-state index in [0.717, 1.165) is 15.4 Å². The number of aryl methyl sites for hydroxylation is 1. The number of hydrogen-bond donors (Lipinski definition) is 1. The van der Waals surface area contributed by atoms with E-state index in [1.807, 2.05) is 43.3 Å². The maximum absolute atomic E-state index is 14.2. The predicted octanol–water partition coefficient (Wildman–Crippen LogP) is 6.57. The van der Waals surface area contributed by atoms with E-state index in [2.05, 4.69) is 5.32 Å². The van der Waals surface area contributed by atoms with Crippen LogP contribution in [0.2, 0.25) is 0 Å². The lowest BCUT2D eigenvalue weighted by Crippen LogP contribution is -2.37. The minimum Gasteiger partial charge on any atom is -0.444 e. The molecule has 0 aliphatic heterocycles. The lowest BCUT2D eigenvalue weighted by atomic mass is 10.2. The first-order chi connectivity index (χ1) is 17.0. The summed E-state index contributed by atoms with van der Waals surface area (Å²) in [7, 11) is 0. The molecule has 4 rings (SSSR count). The number of rotatable bonds is 5. The van der Waals surface area contributed by atoms with Crippen LogP contribution >= 0.6 is 11.8 Å². The van der Waals surface area contributed by atoms with Crippen molar-refractivity contribution in [3.63, 3.8) is 0 Å². The molecule has 1 N–H and O–H groups in total. The number of carbonyl (C=O) groups is 1. The van der Waals surface area contributed by atoms with Gasteiger partial charge in [-0.25, -0.2) is 14.2 Å². The van der Waals surface area contributed by atoms with Crippen molar-refractivity contribution in [2.75, 3.05) is 0 Å². The predicted molar refractivity (Wildman–Crippen MR) is 140 cm³/mol. The number of benzene rings is 3. The summed E-state index contributed by atoms with van der Waals surface area (Å²) >= 11 is 1.48. The highest BCUT2D eigenvalue weighted by Gasteiger charge is 2.24. The molecule has 6 nitrogen and oxygen atoms in total. The van der Waals surface area contributed by atoms with Crippen LogP contribution in [0, 0.1) is 12.7 Å². The summed E-state index contributed by atoms with van der Waals surface area (Å²) in [5.74, 6) is -0.220. The topological polar surface area (TPSA) is 73.2 Å². The van der Waals surface area contributed by atoms with E-state index in [1.54, 1.807) is 39.8 Å². The van der Waals surface area contributed by atoms with Crippen LogP contribution in [-0.2, 0) is 4.74 Å². The van der Waals surface area contributed by atoms with Gasteiger partial charge >= 0.3 is 6.09 Å². The minimum absolute atomic E-state index is 0.266. The van der Waals surface area contributed by atoms with E-state index < -0.39 is 23.6 Å². The third-order valence-corrected chi connectivity index (χ3v) is 6.62. The van der Waals surface area contributed by atoms with E-state index in [9.17, 15) is 14.0 Å². The molecule has 0 aliphatic carbocycles. The number of ether oxygens (including phenoxy) is 1. The van der Waals surface area contributed by atoms with Crippen molar-refractivity contribution < 1.29 is 13.9 Å². The normalized spacial score (nSPS) is 12.4. The Morgan fingerprint density at radius 2 is 1.75 bits per heavy atom. The molecule has 36 heavy (non-hydrogen) atoms. The summed E-state index contributed by atoms with van der Waals surface area (Å²) in [6.07, 6.45) is -0.640. The summed E-state index contributed by atoms with van der Waals surface area (Å²) in [6.45, 7) is 9.02. The minimum atomic E-state index is -0.701. The quantitative estimate of drug-likeness (QED) is 0.332. The lowest BCUT2D eigenvalue weighted by molar-refractivity contribution is 0.0505. The summed E-state index contributed by atoms with van der Waals surface area (Å²) < 4.78 is 20.9. The van der Waals surface area contributed by atoms with Crippen LogP contribution in [-0.4, -0.2) is 21.2 Å². The molecule has 4 aromatic rings. The number of nitrogens with one attached hydrogen (secondary N) is 1. The first kappa shape index (κ1) is 25.4. The molecular formula is C28H28FN3O3S. The van der Waals surface area contributed by atoms with Gasteiger partial charge in [0.1, 0.15) is 17.2 Å². The number of hydrogen-bond acceptors (Lipinski definition) is 5. The molecule has 0 bridgehead atoms. The molecule has 0 spiro atoms. The molecule has 1 aromatic heterocycles. The van der Waals surface area contributed by atoms with Gasteiger partial charge in [0.2, 0.25) is 0 Å². The van der Waals surface area contributed by atoms with Crippen molar-refractivity contribution in [1.82, 2.24) is 14.9 Å². The molecule has 186 valence electrons. The number of amides is 1. The summed E-state index contributed by atoms with van der Waals surface area (Å²) in [6, 6.07) is 18.5. The fraction of sp³-hybridized carbons (Fsp3) is 0.250. The second kappa shape index (κ2) is 10.1. The van der Waals surface area contributed by atoms with Gasteiger partial charge in [-0.15, -0.1) is 0 Å². The van der Waals surface area contributed by atoms with Crippen molar-refractivity contribution in [1.29, 1.82) is 0 Å². The van der Waals surface area contributed by atoms with Gasteiger partial charge < -0.3 is 10.1 Å². The van der Waals surface area contributed by atoms with Gasteiger partial charge in [-0.1, -0.05) is 42.1 Å². The van der Waals surface area contributed by atoms with Crippen LogP contribution in [0.1, 0.15) is 45.1 Å². The van der Waals surface area contributed by atoms with Crippen molar-refractivity contribution in [3.8, 4) is 5.69 Å². The van der Waals surface area contributed by atoms with Gasteiger partial charge in [-0.3, -0.25) is 9.36 Å². The SMILES string of the molecule is Cc1ccccc1Sc1cccc2nc([C@H](C)NC(=O)OC(C)(C)C)n(-c3cccc(F)c3)c(=O)c12. The van der Waals surface area contributed by atoms with Crippen LogP contribution in [0.4, 0.5) is 9.18 Å². The van der Waals surface area contributed by atoms with E-state index >= 15 is 0 Å². The largest absolute Gasteiger partial charge is 0.444 e. The first-order valence-corrected chi connectivity index (χ1v) is 12.4. The highest BCUT2D eigenvalue weighted by Crippen LogP contribution is 2.34. The Labute approximate surface area is 213 Å². The van der Waals surface area contributed by atoms with Crippen molar-refractivity contribution >= 4 is 28.8 Å². The van der Waals surface area contributed by atoms with Crippen LogP contribution in [0.15, 0.2) is 81.3 Å². The number of aromatic nitrogens is 2. The maximum atomic E-state index is 14.2. The van der Waals surface area contributed by atoms with Crippen LogP contribution in [0.25, 0.3) is 16.6 Å². The second-order valence-corrected chi connectivity index (χ2v) is 10.6. The lowest BCUT2D eigenvalue weighted by Gasteiger charge is -2.23. The highest BCUT2D eigenvalue weighted by atomic mass is 32.2. The van der Waals surface area contributed by atoms with E-state index in [-0.39, 0.29) is 11.4 Å². The Morgan fingerprint density at radius 3 is 2.44 bits per heavy atom. The average Bonchev–Trinajstić information content (AvgIpc) is 2.79. The Kier molecular flexibility index (Phi) is 7.17. The van der Waals surface area contributed by atoms with E-state index in [4.69, 9.17) is 9.72 Å². The molecule has 0 fully saturated rings. The fourth-order valence-corrected chi connectivity index (χ4v) is 4.85. The number of carbonyl (C=O) groups excluding carboxylic acids is 1. The van der Waals surface area contributed by atoms with Crippen molar-refractivity contribution in [2.45, 2.75) is 56.1 Å². The first-order valence-electron chi connectivity index (χ1n) is 11.6. The fourth-order valence-electron chi connectivity index (χ4n) is 3.80. The van der Waals surface area contributed by atoms with E-state index in [1.165, 1.54) is 34.5 Å². The molecular weight excluding hydrogens is 477 g/mol. The number of fused-ring (bicyclic) bond motifs is 1. The van der Waals surface area contributed by atoms with Gasteiger partial charge in [-0.05, 0) is 76.6 Å². The zero-order valence-electron chi connectivity index (χ0n) is 20.8. The van der Waals surface area contributed by atoms with Crippen LogP contribution in [0.5, 0.6) is 0 Å². The molecule has 3 aromatic carbocycles. The van der Waals surface area contributed by atoms with Gasteiger partial charge in [0.05, 0.1) is 22.6 Å². The molecule has 1 amide bonds. The molecule has 1 heterocycles. The third-order valence-electron chi connectivity index (χ3n) is 5.39. The van der Waals surface area contributed by atoms with Gasteiger partial charge in [-0.2, -0.15) is 0 Å². The zero-order valence-corrected chi connectivity index (χ0v) is 21.7. The van der Waals surface area contributed by atoms with Gasteiger partial charge in [0, 0.05) is 9.79 Å². The Hall–Kier alpha value is -3.65. The maximum Gasteiger partial charge on any atom is 0.408 e. The number of halogens is 1. The van der Waals surface area contributed by atoms with E-state index in [0.29, 0.717) is 16.6 Å². The Balaban J connectivity index is 1.89. The molecule has 0 radical (unpaired) electrons. The Bertz CT molecular complexity index is 1490. The summed E-state index contributed by atoms with van der Waals surface area (Å²) in [4.78, 5) is 33.0. The molecule has 0 aliphatic rings. The van der Waals surface area contributed by atoms with Crippen LogP contribution in [0.3, 0.4) is 0 Å². The average molecular weight is 506 g/mol. The van der Waals surface area contributed by atoms with Crippen molar-refractivity contribution in [2.24, 2.45) is 0 Å². The molecule has 0 saturated carbocycles. The second-order valence-electron chi connectivity index (χ2n) is 9.48. The van der Waals surface area contributed by atoms with Gasteiger partial charge in [0.25, 0.3) is 5.56 Å². The smallest absolute Gasteiger partial charge is 0.408 e. The standard InChI is InChI=1S/C28H28FN3O3S/c1-17-10-6-7-14-22(17)36-23-15-9-13-21-24(23)26(33)32(20-12-8-11-19(29)16-20)25(31-21)18(2)30-27(34)35-28(3,4)5/h6-16,18H,1-5H3,(H,30,34)/t18-/m0/s1. The molecule has 0 saturated heterocycles. The summed E-state index contributed by atoms with van der Waals surface area (Å²) in [5.41, 5.74) is 0.849. The molecule has 1 atom stereocenters. The highest BCUT2D eigenvalue weighted by molar-refractivity contribution is 7.99. The number of nitrogens with zero attached hydrogens (tertiary/aromatic N) is 2. The summed E-state index contributed by atoms with van der Waals surface area (Å²) in [5, 5.41) is 3.17. The van der Waals surface area contributed by atoms with Crippen LogP contribution < -0.4 is 10.9 Å². The van der Waals surface area contributed by atoms with Gasteiger partial charge in [0.15, 0.2) is 0 Å². The number of alkyl carbamates (subject to hydrolysis) is 1.